The van der Waals surface area contributed by atoms with Gasteiger partial charge in [0.2, 0.25) is 0 Å². The van der Waals surface area contributed by atoms with Crippen LogP contribution in [-0.2, 0) is 6.54 Å². The lowest BCUT2D eigenvalue weighted by atomic mass is 10.1. The molecule has 0 aliphatic carbocycles. The summed E-state index contributed by atoms with van der Waals surface area (Å²) < 4.78 is 0. The van der Waals surface area contributed by atoms with E-state index in [1.165, 1.54) is 17.7 Å². The third-order valence-electron chi connectivity index (χ3n) is 2.67. The summed E-state index contributed by atoms with van der Waals surface area (Å²) in [6.45, 7) is 2.69. The molecule has 0 aliphatic heterocycles. The highest BCUT2D eigenvalue weighted by Gasteiger charge is 2.04. The molecule has 0 bridgehead atoms. The van der Waals surface area contributed by atoms with Crippen LogP contribution in [0.4, 0.5) is 11.4 Å². The fraction of sp³-hybridized carbons (Fsp3) is 0.143. The smallest absolute Gasteiger partial charge is 0.271 e. The first-order chi connectivity index (χ1) is 8.65. The molecule has 2 aromatic rings. The Morgan fingerprint density at radius 3 is 2.56 bits per heavy atom. The second kappa shape index (κ2) is 5.31. The predicted octanol–water partition coefficient (Wildman–Crippen LogP) is 3.52. The maximum Gasteiger partial charge on any atom is 0.271 e. The van der Waals surface area contributed by atoms with Gasteiger partial charge in [-0.2, -0.15) is 0 Å². The Kier molecular flexibility index (Phi) is 3.57. The predicted molar refractivity (Wildman–Crippen MR) is 71.6 cm³/mol. The Balaban J connectivity index is 2.04. The third kappa shape index (κ3) is 3.07. The highest BCUT2D eigenvalue weighted by molar-refractivity contribution is 5.51. The van der Waals surface area contributed by atoms with Crippen molar-refractivity contribution in [3.63, 3.8) is 0 Å². The van der Waals surface area contributed by atoms with Crippen LogP contribution in [0.5, 0.6) is 0 Å². The zero-order chi connectivity index (χ0) is 13.0. The van der Waals surface area contributed by atoms with E-state index in [4.69, 9.17) is 0 Å². The van der Waals surface area contributed by atoms with Crippen LogP contribution in [0.25, 0.3) is 0 Å². The topological polar surface area (TPSA) is 55.2 Å². The van der Waals surface area contributed by atoms with Gasteiger partial charge in [-0.25, -0.2) is 0 Å². The van der Waals surface area contributed by atoms with Gasteiger partial charge in [0.05, 0.1) is 4.92 Å². The SMILES string of the molecule is Cc1ccc(CNc2cccc([N+](=O)[O-])c2)cc1. The summed E-state index contributed by atoms with van der Waals surface area (Å²) >= 11 is 0. The van der Waals surface area contributed by atoms with E-state index in [-0.39, 0.29) is 5.69 Å². The molecule has 0 unspecified atom stereocenters. The van der Waals surface area contributed by atoms with Gasteiger partial charge in [-0.3, -0.25) is 10.1 Å². The molecule has 0 spiro atoms. The van der Waals surface area contributed by atoms with Gasteiger partial charge in [0, 0.05) is 24.4 Å². The zero-order valence-electron chi connectivity index (χ0n) is 10.1. The second-order valence-corrected chi connectivity index (χ2v) is 4.15. The lowest BCUT2D eigenvalue weighted by Crippen LogP contribution is -1.99. The van der Waals surface area contributed by atoms with Crippen molar-refractivity contribution in [2.75, 3.05) is 5.32 Å². The first-order valence-electron chi connectivity index (χ1n) is 5.69. The maximum absolute atomic E-state index is 10.6. The van der Waals surface area contributed by atoms with E-state index in [0.717, 1.165) is 11.3 Å². The van der Waals surface area contributed by atoms with Gasteiger partial charge in [0.1, 0.15) is 0 Å². The highest BCUT2D eigenvalue weighted by atomic mass is 16.6. The number of rotatable bonds is 4. The summed E-state index contributed by atoms with van der Waals surface area (Å²) in [5.41, 5.74) is 3.22. The van der Waals surface area contributed by atoms with Crippen molar-refractivity contribution in [1.82, 2.24) is 0 Å². The van der Waals surface area contributed by atoms with Crippen molar-refractivity contribution in [3.8, 4) is 0 Å². The van der Waals surface area contributed by atoms with Crippen LogP contribution in [0.2, 0.25) is 0 Å². The average Bonchev–Trinajstić information content (AvgIpc) is 2.38. The molecule has 0 fully saturated rings. The minimum Gasteiger partial charge on any atom is -0.381 e. The summed E-state index contributed by atoms with van der Waals surface area (Å²) in [5.74, 6) is 0. The number of hydrogen-bond acceptors (Lipinski definition) is 3. The number of benzene rings is 2. The first-order valence-corrected chi connectivity index (χ1v) is 5.69. The van der Waals surface area contributed by atoms with E-state index in [9.17, 15) is 10.1 Å². The van der Waals surface area contributed by atoms with E-state index in [2.05, 4.69) is 5.32 Å². The monoisotopic (exact) mass is 242 g/mol. The quantitative estimate of drug-likeness (QED) is 0.659. The summed E-state index contributed by atoms with van der Waals surface area (Å²) in [6.07, 6.45) is 0. The van der Waals surface area contributed by atoms with E-state index >= 15 is 0 Å². The van der Waals surface area contributed by atoms with Crippen LogP contribution in [0.1, 0.15) is 11.1 Å². The Labute approximate surface area is 105 Å². The molecule has 0 aliphatic rings. The van der Waals surface area contributed by atoms with Gasteiger partial charge in [0.15, 0.2) is 0 Å². The van der Waals surface area contributed by atoms with Crippen LogP contribution in [0.3, 0.4) is 0 Å². The largest absolute Gasteiger partial charge is 0.381 e. The maximum atomic E-state index is 10.6. The summed E-state index contributed by atoms with van der Waals surface area (Å²) in [4.78, 5) is 10.3. The summed E-state index contributed by atoms with van der Waals surface area (Å²) in [6, 6.07) is 14.7. The molecule has 92 valence electrons. The lowest BCUT2D eigenvalue weighted by Gasteiger charge is -2.06. The Bertz CT molecular complexity index is 550. The molecule has 4 heteroatoms. The van der Waals surface area contributed by atoms with E-state index in [1.54, 1.807) is 6.07 Å². The number of nitrogens with zero attached hydrogens (tertiary/aromatic N) is 1. The summed E-state index contributed by atoms with van der Waals surface area (Å²) in [5, 5.41) is 13.8. The first kappa shape index (κ1) is 12.1. The molecule has 18 heavy (non-hydrogen) atoms. The molecule has 0 aromatic heterocycles. The van der Waals surface area contributed by atoms with E-state index in [0.29, 0.717) is 6.54 Å². The van der Waals surface area contributed by atoms with Gasteiger partial charge in [-0.15, -0.1) is 0 Å². The third-order valence-corrected chi connectivity index (χ3v) is 2.67. The normalized spacial score (nSPS) is 10.1. The number of non-ortho nitro benzene ring substituents is 1. The number of anilines is 1. The summed E-state index contributed by atoms with van der Waals surface area (Å²) in [7, 11) is 0. The molecule has 2 rings (SSSR count). The highest BCUT2D eigenvalue weighted by Crippen LogP contribution is 2.17. The number of nitro groups is 1. The average molecular weight is 242 g/mol. The molecular formula is C14H14N2O2. The zero-order valence-corrected chi connectivity index (χ0v) is 10.1. The molecule has 0 radical (unpaired) electrons. The van der Waals surface area contributed by atoms with Crippen molar-refractivity contribution >= 4 is 11.4 Å². The molecule has 0 heterocycles. The number of nitro benzene ring substituents is 1. The number of aryl methyl sites for hydroxylation is 1. The van der Waals surface area contributed by atoms with Crippen molar-refractivity contribution in [1.29, 1.82) is 0 Å². The molecular weight excluding hydrogens is 228 g/mol. The fourth-order valence-electron chi connectivity index (χ4n) is 1.64. The second-order valence-electron chi connectivity index (χ2n) is 4.15. The van der Waals surface area contributed by atoms with Crippen LogP contribution in [-0.4, -0.2) is 4.92 Å². The van der Waals surface area contributed by atoms with Gasteiger partial charge >= 0.3 is 0 Å². The van der Waals surface area contributed by atoms with E-state index < -0.39 is 4.92 Å². The standard InChI is InChI=1S/C14H14N2O2/c1-11-5-7-12(8-6-11)10-15-13-3-2-4-14(9-13)16(17)18/h2-9,15H,10H2,1H3. The molecule has 0 saturated carbocycles. The molecule has 0 atom stereocenters. The van der Waals surface area contributed by atoms with Crippen molar-refractivity contribution in [2.45, 2.75) is 13.5 Å². The number of nitrogens with one attached hydrogen (secondary N) is 1. The molecule has 2 aromatic carbocycles. The minimum atomic E-state index is -0.392. The van der Waals surface area contributed by atoms with Crippen molar-refractivity contribution in [3.05, 3.63) is 69.8 Å². The molecule has 4 nitrogen and oxygen atoms in total. The van der Waals surface area contributed by atoms with Crippen LogP contribution in [0.15, 0.2) is 48.5 Å². The van der Waals surface area contributed by atoms with Crippen molar-refractivity contribution in [2.24, 2.45) is 0 Å². The molecule has 0 amide bonds. The number of hydrogen-bond donors (Lipinski definition) is 1. The molecule has 1 N–H and O–H groups in total. The lowest BCUT2D eigenvalue weighted by molar-refractivity contribution is -0.384. The Hall–Kier alpha value is -2.36. The fourth-order valence-corrected chi connectivity index (χ4v) is 1.64. The van der Waals surface area contributed by atoms with Crippen LogP contribution in [0, 0.1) is 17.0 Å². The molecule has 0 saturated heterocycles. The van der Waals surface area contributed by atoms with E-state index in [1.807, 2.05) is 37.3 Å². The Morgan fingerprint density at radius 2 is 1.89 bits per heavy atom. The van der Waals surface area contributed by atoms with Gasteiger partial charge in [0.25, 0.3) is 5.69 Å². The minimum absolute atomic E-state index is 0.101. The van der Waals surface area contributed by atoms with Crippen LogP contribution < -0.4 is 5.32 Å². The van der Waals surface area contributed by atoms with Gasteiger partial charge in [-0.05, 0) is 18.6 Å². The van der Waals surface area contributed by atoms with Crippen molar-refractivity contribution < 1.29 is 4.92 Å². The Morgan fingerprint density at radius 1 is 1.17 bits per heavy atom. The van der Waals surface area contributed by atoms with Crippen LogP contribution >= 0.6 is 0 Å². The van der Waals surface area contributed by atoms with Gasteiger partial charge in [-0.1, -0.05) is 35.9 Å². The van der Waals surface area contributed by atoms with Gasteiger partial charge < -0.3 is 5.32 Å².